The second kappa shape index (κ2) is 5.51. The maximum Gasteiger partial charge on any atom is 0.153 e. The first-order valence-corrected chi connectivity index (χ1v) is 8.03. The van der Waals surface area contributed by atoms with E-state index in [9.17, 15) is 4.39 Å². The van der Waals surface area contributed by atoms with E-state index in [1.54, 1.807) is 16.9 Å². The van der Waals surface area contributed by atoms with Crippen LogP contribution in [0, 0.1) is 23.9 Å². The first-order chi connectivity index (χ1) is 8.20. The highest BCUT2D eigenvalue weighted by Crippen LogP contribution is 2.12. The molecule has 0 bridgehead atoms. The SMILES string of the molecule is Cc1nn(-c2ccc(F)cn2)cc1C#CSI. The quantitative estimate of drug-likeness (QED) is 0.579. The second-order valence-corrected chi connectivity index (χ2v) is 4.89. The van der Waals surface area contributed by atoms with Gasteiger partial charge in [-0.1, -0.05) is 5.92 Å². The van der Waals surface area contributed by atoms with Crippen molar-refractivity contribution in [2.45, 2.75) is 6.92 Å². The number of hydrogen-bond acceptors (Lipinski definition) is 3. The van der Waals surface area contributed by atoms with Crippen LogP contribution in [0.2, 0.25) is 0 Å². The third-order valence-corrected chi connectivity index (χ3v) is 2.91. The molecule has 0 N–H and O–H groups in total. The molecule has 2 heterocycles. The molecule has 0 aliphatic rings. The lowest BCUT2D eigenvalue weighted by Crippen LogP contribution is -1.97. The summed E-state index contributed by atoms with van der Waals surface area (Å²) in [6.45, 7) is 1.88. The lowest BCUT2D eigenvalue weighted by Gasteiger charge is -1.98. The van der Waals surface area contributed by atoms with Crippen molar-refractivity contribution in [3.8, 4) is 17.0 Å². The van der Waals surface area contributed by atoms with Crippen molar-refractivity contribution in [3.05, 3.63) is 41.6 Å². The maximum absolute atomic E-state index is 12.7. The third-order valence-electron chi connectivity index (χ3n) is 2.07. The van der Waals surface area contributed by atoms with Crippen molar-refractivity contribution in [1.82, 2.24) is 14.8 Å². The number of rotatable bonds is 1. The van der Waals surface area contributed by atoms with Crippen LogP contribution >= 0.6 is 30.1 Å². The molecule has 0 aliphatic heterocycles. The van der Waals surface area contributed by atoms with Gasteiger partial charge in [-0.3, -0.25) is 0 Å². The number of halogens is 2. The minimum absolute atomic E-state index is 0.362. The molecule has 0 amide bonds. The summed E-state index contributed by atoms with van der Waals surface area (Å²) >= 11 is 2.11. The van der Waals surface area contributed by atoms with E-state index in [-0.39, 0.29) is 5.82 Å². The van der Waals surface area contributed by atoms with E-state index in [0.29, 0.717) is 5.82 Å². The minimum atomic E-state index is -0.362. The summed E-state index contributed by atoms with van der Waals surface area (Å²) in [6.07, 6.45) is 2.95. The van der Waals surface area contributed by atoms with Crippen molar-refractivity contribution >= 4 is 30.1 Å². The summed E-state index contributed by atoms with van der Waals surface area (Å²) in [4.78, 5) is 3.95. The molecule has 0 spiro atoms. The summed E-state index contributed by atoms with van der Waals surface area (Å²) < 4.78 is 14.3. The summed E-state index contributed by atoms with van der Waals surface area (Å²) in [5.41, 5.74) is 1.68. The first-order valence-electron chi connectivity index (χ1n) is 4.67. The zero-order valence-electron chi connectivity index (χ0n) is 8.82. The molecule has 86 valence electrons. The first kappa shape index (κ1) is 12.4. The van der Waals surface area contributed by atoms with Crippen LogP contribution in [-0.4, -0.2) is 14.8 Å². The van der Waals surface area contributed by atoms with Crippen molar-refractivity contribution in [1.29, 1.82) is 0 Å². The average molecular weight is 359 g/mol. The molecule has 0 aromatic carbocycles. The van der Waals surface area contributed by atoms with Crippen molar-refractivity contribution in [3.63, 3.8) is 0 Å². The van der Waals surface area contributed by atoms with Crippen LogP contribution in [0.5, 0.6) is 0 Å². The Morgan fingerprint density at radius 2 is 2.29 bits per heavy atom. The number of aryl methyl sites for hydroxylation is 1. The number of pyridine rings is 1. The molecule has 0 atom stereocenters. The summed E-state index contributed by atoms with van der Waals surface area (Å²) in [5.74, 6) is 3.20. The molecule has 0 fully saturated rings. The lowest BCUT2D eigenvalue weighted by molar-refractivity contribution is 0.619. The van der Waals surface area contributed by atoms with Gasteiger partial charge in [0.1, 0.15) is 5.82 Å². The van der Waals surface area contributed by atoms with Gasteiger partial charge in [0.15, 0.2) is 5.82 Å². The van der Waals surface area contributed by atoms with Gasteiger partial charge in [0.2, 0.25) is 0 Å². The lowest BCUT2D eigenvalue weighted by atomic mass is 10.3. The molecule has 2 aromatic rings. The number of hydrogen-bond donors (Lipinski definition) is 0. The Balaban J connectivity index is 2.37. The van der Waals surface area contributed by atoms with E-state index in [4.69, 9.17) is 0 Å². The predicted molar refractivity (Wildman–Crippen MR) is 74.5 cm³/mol. The zero-order chi connectivity index (χ0) is 12.3. The van der Waals surface area contributed by atoms with Crippen LogP contribution in [0.1, 0.15) is 11.3 Å². The fourth-order valence-electron chi connectivity index (χ4n) is 1.28. The van der Waals surface area contributed by atoms with Gasteiger partial charge in [-0.15, -0.1) is 0 Å². The van der Waals surface area contributed by atoms with Gasteiger partial charge in [0.25, 0.3) is 0 Å². The monoisotopic (exact) mass is 359 g/mol. The van der Waals surface area contributed by atoms with Crippen molar-refractivity contribution in [2.24, 2.45) is 0 Å². The van der Waals surface area contributed by atoms with E-state index in [1.807, 2.05) is 6.92 Å². The molecular weight excluding hydrogens is 352 g/mol. The molecule has 0 saturated heterocycles. The van der Waals surface area contributed by atoms with E-state index >= 15 is 0 Å². The third kappa shape index (κ3) is 2.98. The topological polar surface area (TPSA) is 30.7 Å². The highest BCUT2D eigenvalue weighted by atomic mass is 127. The van der Waals surface area contributed by atoms with Crippen molar-refractivity contribution < 1.29 is 4.39 Å². The molecule has 2 rings (SSSR count). The molecule has 3 nitrogen and oxygen atoms in total. The van der Waals surface area contributed by atoms with Crippen LogP contribution in [0.15, 0.2) is 24.5 Å². The standard InChI is InChI=1S/C11H7FIN3S/c1-8-9(4-5-17-13)7-16(15-8)11-3-2-10(12)6-14-11/h2-3,6-7H,1H3. The van der Waals surface area contributed by atoms with Gasteiger partial charge in [0, 0.05) is 27.4 Å². The van der Waals surface area contributed by atoms with Gasteiger partial charge in [-0.25, -0.2) is 14.1 Å². The molecule has 0 radical (unpaired) electrons. The highest BCUT2D eigenvalue weighted by Gasteiger charge is 2.05. The second-order valence-electron chi connectivity index (χ2n) is 3.21. The summed E-state index contributed by atoms with van der Waals surface area (Å²) in [7, 11) is 1.42. The van der Waals surface area contributed by atoms with Gasteiger partial charge < -0.3 is 0 Å². The van der Waals surface area contributed by atoms with Crippen molar-refractivity contribution in [2.75, 3.05) is 0 Å². The molecule has 2 aromatic heterocycles. The Morgan fingerprint density at radius 1 is 1.47 bits per heavy atom. The Labute approximate surface area is 114 Å². The van der Waals surface area contributed by atoms with E-state index in [0.717, 1.165) is 11.3 Å². The fraction of sp³-hybridized carbons (Fsp3) is 0.0909. The van der Waals surface area contributed by atoms with E-state index in [2.05, 4.69) is 42.5 Å². The molecule has 0 saturated carbocycles. The Morgan fingerprint density at radius 3 is 2.94 bits per heavy atom. The van der Waals surface area contributed by atoms with Gasteiger partial charge >= 0.3 is 0 Å². The van der Waals surface area contributed by atoms with Gasteiger partial charge in [-0.2, -0.15) is 5.10 Å². The average Bonchev–Trinajstić information content (AvgIpc) is 2.69. The van der Waals surface area contributed by atoms with Gasteiger partial charge in [-0.05, 0) is 33.2 Å². The van der Waals surface area contributed by atoms with Crippen LogP contribution in [0.25, 0.3) is 5.82 Å². The van der Waals surface area contributed by atoms with E-state index < -0.39 is 0 Å². The largest absolute Gasteiger partial charge is 0.234 e. The smallest absolute Gasteiger partial charge is 0.153 e. The van der Waals surface area contributed by atoms with Crippen LogP contribution < -0.4 is 0 Å². The zero-order valence-corrected chi connectivity index (χ0v) is 11.8. The van der Waals surface area contributed by atoms with E-state index in [1.165, 1.54) is 21.2 Å². The maximum atomic E-state index is 12.7. The molecule has 0 unspecified atom stereocenters. The molecule has 0 aliphatic carbocycles. The Kier molecular flexibility index (Phi) is 4.02. The Bertz CT molecular complexity index is 583. The molecule has 17 heavy (non-hydrogen) atoms. The normalized spacial score (nSPS) is 9.82. The summed E-state index contributed by atoms with van der Waals surface area (Å²) in [5, 5.41) is 7.18. The molecular formula is C11H7FIN3S. The summed E-state index contributed by atoms with van der Waals surface area (Å²) in [6, 6.07) is 2.93. The molecule has 6 heteroatoms. The van der Waals surface area contributed by atoms with Crippen LogP contribution in [-0.2, 0) is 0 Å². The predicted octanol–water partition coefficient (Wildman–Crippen LogP) is 3.11. The Hall–Kier alpha value is -1.07. The van der Waals surface area contributed by atoms with Crippen LogP contribution in [0.3, 0.4) is 0 Å². The minimum Gasteiger partial charge on any atom is -0.234 e. The fourth-order valence-corrected chi connectivity index (χ4v) is 1.76. The highest BCUT2D eigenvalue weighted by molar-refractivity contribution is 14.2. The number of nitrogens with zero attached hydrogens (tertiary/aromatic N) is 3. The number of aromatic nitrogens is 3. The van der Waals surface area contributed by atoms with Gasteiger partial charge in [0.05, 0.1) is 17.5 Å². The van der Waals surface area contributed by atoms with Crippen LogP contribution in [0.4, 0.5) is 4.39 Å².